The highest BCUT2D eigenvalue weighted by atomic mass is 16.4. The zero-order valence-corrected chi connectivity index (χ0v) is 14.9. The fourth-order valence-electron chi connectivity index (χ4n) is 2.72. The van der Waals surface area contributed by atoms with Crippen LogP contribution in [0.1, 0.15) is 40.0 Å². The second-order valence-electron chi connectivity index (χ2n) is 6.77. The molecule has 5 N–H and O–H groups in total. The molecule has 0 aromatic rings. The van der Waals surface area contributed by atoms with Crippen molar-refractivity contribution in [2.45, 2.75) is 58.2 Å². The molecule has 3 amide bonds. The largest absolute Gasteiger partial charge is 0.480 e. The lowest BCUT2D eigenvalue weighted by atomic mass is 10.0. The van der Waals surface area contributed by atoms with Crippen LogP contribution in [0.4, 0.5) is 0 Å². The fraction of sp³-hybridized carbons (Fsp3) is 0.750. The van der Waals surface area contributed by atoms with Gasteiger partial charge in [-0.1, -0.05) is 13.8 Å². The van der Waals surface area contributed by atoms with Crippen LogP contribution in [-0.4, -0.2) is 64.9 Å². The number of rotatable bonds is 8. The average molecular weight is 356 g/mol. The second kappa shape index (κ2) is 9.36. The number of aliphatic carboxylic acids is 1. The van der Waals surface area contributed by atoms with Crippen molar-refractivity contribution in [2.24, 2.45) is 11.7 Å². The van der Waals surface area contributed by atoms with E-state index in [0.29, 0.717) is 25.8 Å². The van der Waals surface area contributed by atoms with Crippen molar-refractivity contribution in [1.29, 1.82) is 0 Å². The summed E-state index contributed by atoms with van der Waals surface area (Å²) in [7, 11) is 0. The first-order chi connectivity index (χ1) is 11.6. The molecule has 0 aliphatic carbocycles. The maximum absolute atomic E-state index is 12.3. The highest BCUT2D eigenvalue weighted by Gasteiger charge is 2.35. The van der Waals surface area contributed by atoms with Crippen LogP contribution in [0.5, 0.6) is 0 Å². The predicted molar refractivity (Wildman–Crippen MR) is 90.4 cm³/mol. The number of carbonyl (C=O) groups is 4. The van der Waals surface area contributed by atoms with Crippen LogP contribution in [0.25, 0.3) is 0 Å². The third kappa shape index (κ3) is 6.33. The summed E-state index contributed by atoms with van der Waals surface area (Å²) in [5.74, 6) is -2.16. The number of likely N-dealkylation sites (tertiary alicyclic amines) is 1. The van der Waals surface area contributed by atoms with Gasteiger partial charge in [-0.25, -0.2) is 0 Å². The van der Waals surface area contributed by atoms with Crippen molar-refractivity contribution in [3.8, 4) is 0 Å². The van der Waals surface area contributed by atoms with E-state index in [1.807, 2.05) is 13.8 Å². The van der Waals surface area contributed by atoms with E-state index in [1.165, 1.54) is 11.8 Å². The molecule has 1 saturated heterocycles. The third-order valence-corrected chi connectivity index (χ3v) is 4.08. The van der Waals surface area contributed by atoms with Crippen molar-refractivity contribution in [3.63, 3.8) is 0 Å². The Morgan fingerprint density at radius 3 is 2.44 bits per heavy atom. The van der Waals surface area contributed by atoms with Crippen LogP contribution >= 0.6 is 0 Å². The molecule has 0 spiro atoms. The van der Waals surface area contributed by atoms with E-state index in [9.17, 15) is 19.2 Å². The van der Waals surface area contributed by atoms with Crippen molar-refractivity contribution < 1.29 is 24.3 Å². The minimum absolute atomic E-state index is 0.233. The minimum atomic E-state index is -1.14. The number of carboxylic acids is 1. The van der Waals surface area contributed by atoms with Gasteiger partial charge in [-0.15, -0.1) is 0 Å². The average Bonchev–Trinajstić information content (AvgIpc) is 3.00. The van der Waals surface area contributed by atoms with Gasteiger partial charge in [-0.3, -0.25) is 19.2 Å². The monoisotopic (exact) mass is 356 g/mol. The van der Waals surface area contributed by atoms with Crippen molar-refractivity contribution in [3.05, 3.63) is 0 Å². The summed E-state index contributed by atoms with van der Waals surface area (Å²) in [4.78, 5) is 48.6. The Balaban J connectivity index is 2.55. The first kappa shape index (κ1) is 20.9. The summed E-state index contributed by atoms with van der Waals surface area (Å²) in [5, 5.41) is 13.7. The summed E-state index contributed by atoms with van der Waals surface area (Å²) in [6.07, 6.45) is 1.62. The third-order valence-electron chi connectivity index (χ3n) is 4.08. The molecule has 0 aromatic carbocycles. The Kier molecular flexibility index (Phi) is 7.82. The maximum Gasteiger partial charge on any atom is 0.325 e. The molecule has 0 bridgehead atoms. The summed E-state index contributed by atoms with van der Waals surface area (Å²) in [6.45, 7) is 5.42. The van der Waals surface area contributed by atoms with Gasteiger partial charge in [0.15, 0.2) is 0 Å². The molecule has 1 rings (SSSR count). The molecule has 0 saturated carbocycles. The van der Waals surface area contributed by atoms with Crippen molar-refractivity contribution in [2.75, 3.05) is 13.1 Å². The van der Waals surface area contributed by atoms with E-state index in [2.05, 4.69) is 10.6 Å². The normalized spacial score (nSPS) is 19.4. The molecule has 0 aromatic heterocycles. The van der Waals surface area contributed by atoms with Crippen LogP contribution in [0.15, 0.2) is 0 Å². The van der Waals surface area contributed by atoms with Crippen LogP contribution in [-0.2, 0) is 19.2 Å². The quantitative estimate of drug-likeness (QED) is 0.442. The van der Waals surface area contributed by atoms with E-state index in [4.69, 9.17) is 10.8 Å². The highest BCUT2D eigenvalue weighted by Crippen LogP contribution is 2.17. The number of carboxylic acid groups (broad SMARTS) is 1. The molecule has 1 aliphatic rings. The molecule has 142 valence electrons. The van der Waals surface area contributed by atoms with E-state index >= 15 is 0 Å². The number of hydrogen-bond donors (Lipinski definition) is 4. The van der Waals surface area contributed by atoms with Gasteiger partial charge >= 0.3 is 5.97 Å². The molecule has 1 heterocycles. The lowest BCUT2D eigenvalue weighted by molar-refractivity contribution is -0.143. The zero-order valence-electron chi connectivity index (χ0n) is 14.9. The standard InChI is InChI=1S/C16H28N4O5/c1-9(2)7-11(17)14(22)18-8-13(21)20-6-4-5-12(20)15(23)19-10(3)16(24)25/h9-12H,4-8,17H2,1-3H3,(H,18,22)(H,19,23)(H,24,25)/t10-,11-,12-/m0/s1. The molecular formula is C16H28N4O5. The summed E-state index contributed by atoms with van der Waals surface area (Å²) in [5.41, 5.74) is 5.76. The molecule has 9 nitrogen and oxygen atoms in total. The number of nitrogens with two attached hydrogens (primary N) is 1. The Bertz CT molecular complexity index is 523. The lowest BCUT2D eigenvalue weighted by Crippen LogP contribution is -2.52. The zero-order chi connectivity index (χ0) is 19.1. The number of nitrogens with zero attached hydrogens (tertiary/aromatic N) is 1. The van der Waals surface area contributed by atoms with Gasteiger partial charge in [-0.05, 0) is 32.1 Å². The van der Waals surface area contributed by atoms with E-state index in [0.717, 1.165) is 0 Å². The second-order valence-corrected chi connectivity index (χ2v) is 6.77. The molecule has 0 unspecified atom stereocenters. The lowest BCUT2D eigenvalue weighted by Gasteiger charge is -2.25. The molecule has 1 aliphatic heterocycles. The Morgan fingerprint density at radius 1 is 1.24 bits per heavy atom. The van der Waals surface area contributed by atoms with Crippen molar-refractivity contribution in [1.82, 2.24) is 15.5 Å². The Hall–Kier alpha value is -2.16. The van der Waals surface area contributed by atoms with Gasteiger partial charge in [-0.2, -0.15) is 0 Å². The highest BCUT2D eigenvalue weighted by molar-refractivity contribution is 5.92. The van der Waals surface area contributed by atoms with Crippen LogP contribution < -0.4 is 16.4 Å². The summed E-state index contributed by atoms with van der Waals surface area (Å²) in [6, 6.07) is -2.42. The summed E-state index contributed by atoms with van der Waals surface area (Å²) < 4.78 is 0. The van der Waals surface area contributed by atoms with Gasteiger partial charge in [0, 0.05) is 6.54 Å². The molecule has 1 fully saturated rings. The fourth-order valence-corrected chi connectivity index (χ4v) is 2.72. The van der Waals surface area contributed by atoms with Gasteiger partial charge < -0.3 is 26.4 Å². The van der Waals surface area contributed by atoms with E-state index < -0.39 is 35.9 Å². The Morgan fingerprint density at radius 2 is 1.88 bits per heavy atom. The Labute approximate surface area is 147 Å². The smallest absolute Gasteiger partial charge is 0.325 e. The predicted octanol–water partition coefficient (Wildman–Crippen LogP) is -0.944. The first-order valence-corrected chi connectivity index (χ1v) is 8.49. The summed E-state index contributed by atoms with van der Waals surface area (Å²) >= 11 is 0. The maximum atomic E-state index is 12.3. The van der Waals surface area contributed by atoms with Gasteiger partial charge in [0.2, 0.25) is 17.7 Å². The van der Waals surface area contributed by atoms with Gasteiger partial charge in [0.05, 0.1) is 12.6 Å². The molecule has 3 atom stereocenters. The van der Waals surface area contributed by atoms with E-state index in [1.54, 1.807) is 0 Å². The number of carbonyl (C=O) groups excluding carboxylic acids is 3. The van der Waals surface area contributed by atoms with Gasteiger partial charge in [0.1, 0.15) is 12.1 Å². The molecular weight excluding hydrogens is 328 g/mol. The number of nitrogens with one attached hydrogen (secondary N) is 2. The topological polar surface area (TPSA) is 142 Å². The molecule has 0 radical (unpaired) electrons. The first-order valence-electron chi connectivity index (χ1n) is 8.49. The van der Waals surface area contributed by atoms with Crippen LogP contribution in [0, 0.1) is 5.92 Å². The molecule has 9 heteroatoms. The van der Waals surface area contributed by atoms with Gasteiger partial charge in [0.25, 0.3) is 0 Å². The SMILES string of the molecule is CC(C)C[C@H](N)C(=O)NCC(=O)N1CCC[C@H]1C(=O)N[C@@H](C)C(=O)O. The number of hydrogen-bond acceptors (Lipinski definition) is 5. The number of amides is 3. The molecule has 25 heavy (non-hydrogen) atoms. The minimum Gasteiger partial charge on any atom is -0.480 e. The van der Waals surface area contributed by atoms with Crippen LogP contribution in [0.2, 0.25) is 0 Å². The van der Waals surface area contributed by atoms with Crippen molar-refractivity contribution >= 4 is 23.7 Å². The van der Waals surface area contributed by atoms with Crippen LogP contribution in [0.3, 0.4) is 0 Å². The van der Waals surface area contributed by atoms with E-state index in [-0.39, 0.29) is 18.4 Å².